The van der Waals surface area contributed by atoms with Crippen molar-refractivity contribution in [3.05, 3.63) is 29.6 Å². The number of nitrogens with one attached hydrogen (secondary N) is 1. The van der Waals surface area contributed by atoms with Gasteiger partial charge in [0.05, 0.1) is 25.5 Å². The highest BCUT2D eigenvalue weighted by molar-refractivity contribution is 5.62. The predicted octanol–water partition coefficient (Wildman–Crippen LogP) is 2.04. The number of hydrogen-bond acceptors (Lipinski definition) is 4. The standard InChI is InChI=1S/C14H16N2O3/c1-9-11(8-17)16-14(15-9)10-3-4-12-13(7-10)19-6-2-5-18-12/h3-4,7,17H,2,5-6,8H2,1H3,(H,15,16). The van der Waals surface area contributed by atoms with Crippen LogP contribution in [0.5, 0.6) is 11.5 Å². The van der Waals surface area contributed by atoms with Crippen LogP contribution in [0.15, 0.2) is 18.2 Å². The van der Waals surface area contributed by atoms with Gasteiger partial charge in [-0.3, -0.25) is 0 Å². The summed E-state index contributed by atoms with van der Waals surface area (Å²) in [5.41, 5.74) is 2.47. The van der Waals surface area contributed by atoms with Crippen molar-refractivity contribution in [2.45, 2.75) is 20.0 Å². The van der Waals surface area contributed by atoms with E-state index >= 15 is 0 Å². The largest absolute Gasteiger partial charge is 0.490 e. The minimum absolute atomic E-state index is 0.0626. The fraction of sp³-hybridized carbons (Fsp3) is 0.357. The number of aromatic nitrogens is 2. The Morgan fingerprint density at radius 2 is 2.05 bits per heavy atom. The van der Waals surface area contributed by atoms with E-state index in [1.165, 1.54) is 0 Å². The Morgan fingerprint density at radius 3 is 2.79 bits per heavy atom. The van der Waals surface area contributed by atoms with Gasteiger partial charge in [-0.1, -0.05) is 0 Å². The minimum Gasteiger partial charge on any atom is -0.490 e. The molecule has 1 aliphatic heterocycles. The Hall–Kier alpha value is -2.01. The van der Waals surface area contributed by atoms with Crippen LogP contribution >= 0.6 is 0 Å². The molecule has 0 bridgehead atoms. The lowest BCUT2D eigenvalue weighted by atomic mass is 10.2. The average Bonchev–Trinajstić information content (AvgIpc) is 2.66. The maximum Gasteiger partial charge on any atom is 0.161 e. The third kappa shape index (κ3) is 2.29. The van der Waals surface area contributed by atoms with E-state index in [0.29, 0.717) is 18.9 Å². The van der Waals surface area contributed by atoms with Gasteiger partial charge in [-0.15, -0.1) is 0 Å². The van der Waals surface area contributed by atoms with Crippen LogP contribution in [-0.4, -0.2) is 28.3 Å². The van der Waals surface area contributed by atoms with Crippen molar-refractivity contribution < 1.29 is 14.6 Å². The summed E-state index contributed by atoms with van der Waals surface area (Å²) in [5.74, 6) is 2.25. The Labute approximate surface area is 111 Å². The molecule has 5 nitrogen and oxygen atoms in total. The molecule has 0 spiro atoms. The van der Waals surface area contributed by atoms with Crippen molar-refractivity contribution >= 4 is 0 Å². The summed E-state index contributed by atoms with van der Waals surface area (Å²) >= 11 is 0. The number of H-pyrrole nitrogens is 1. The molecule has 0 saturated carbocycles. The number of benzene rings is 1. The quantitative estimate of drug-likeness (QED) is 0.867. The molecule has 2 N–H and O–H groups in total. The molecule has 0 radical (unpaired) electrons. The van der Waals surface area contributed by atoms with Gasteiger partial charge in [0.25, 0.3) is 0 Å². The molecular weight excluding hydrogens is 244 g/mol. The van der Waals surface area contributed by atoms with E-state index in [1.54, 1.807) is 0 Å². The normalized spacial score (nSPS) is 14.2. The molecule has 0 atom stereocenters. The number of rotatable bonds is 2. The molecule has 2 heterocycles. The van der Waals surface area contributed by atoms with Crippen molar-refractivity contribution in [1.29, 1.82) is 0 Å². The van der Waals surface area contributed by atoms with Gasteiger partial charge in [0, 0.05) is 17.7 Å². The molecule has 0 fully saturated rings. The van der Waals surface area contributed by atoms with Crippen LogP contribution in [0.1, 0.15) is 17.8 Å². The SMILES string of the molecule is Cc1[nH]c(-c2ccc3c(c2)OCCCO3)nc1CO. The maximum absolute atomic E-state index is 9.18. The van der Waals surface area contributed by atoms with Gasteiger partial charge in [0.15, 0.2) is 11.5 Å². The van der Waals surface area contributed by atoms with Crippen molar-refractivity contribution in [2.75, 3.05) is 13.2 Å². The van der Waals surface area contributed by atoms with Gasteiger partial charge >= 0.3 is 0 Å². The Bertz CT molecular complexity index is 592. The van der Waals surface area contributed by atoms with E-state index in [4.69, 9.17) is 9.47 Å². The summed E-state index contributed by atoms with van der Waals surface area (Å²) in [5, 5.41) is 9.18. The van der Waals surface area contributed by atoms with Gasteiger partial charge in [-0.2, -0.15) is 0 Å². The van der Waals surface area contributed by atoms with Crippen LogP contribution in [0.4, 0.5) is 0 Å². The first kappa shape index (κ1) is 12.0. The lowest BCUT2D eigenvalue weighted by Crippen LogP contribution is -1.97. The molecule has 1 aromatic heterocycles. The third-order valence-electron chi connectivity index (χ3n) is 3.16. The molecule has 1 aliphatic rings. The number of aryl methyl sites for hydroxylation is 1. The number of aromatic amines is 1. The molecule has 0 unspecified atom stereocenters. The number of fused-ring (bicyclic) bond motifs is 1. The van der Waals surface area contributed by atoms with Crippen molar-refractivity contribution in [3.63, 3.8) is 0 Å². The monoisotopic (exact) mass is 260 g/mol. The second kappa shape index (κ2) is 4.93. The van der Waals surface area contributed by atoms with E-state index in [9.17, 15) is 5.11 Å². The van der Waals surface area contributed by atoms with Crippen LogP contribution in [-0.2, 0) is 6.61 Å². The molecule has 3 rings (SSSR count). The van der Waals surface area contributed by atoms with Gasteiger partial charge < -0.3 is 19.6 Å². The van der Waals surface area contributed by atoms with Gasteiger partial charge in [0.2, 0.25) is 0 Å². The summed E-state index contributed by atoms with van der Waals surface area (Å²) in [6.07, 6.45) is 0.887. The topological polar surface area (TPSA) is 67.4 Å². The number of nitrogens with zero attached hydrogens (tertiary/aromatic N) is 1. The molecule has 0 amide bonds. The van der Waals surface area contributed by atoms with E-state index in [0.717, 1.165) is 35.0 Å². The lowest BCUT2D eigenvalue weighted by Gasteiger charge is -2.08. The second-order valence-corrected chi connectivity index (χ2v) is 4.53. The molecule has 5 heteroatoms. The van der Waals surface area contributed by atoms with E-state index in [1.807, 2.05) is 25.1 Å². The van der Waals surface area contributed by atoms with Crippen LogP contribution in [0.3, 0.4) is 0 Å². The summed E-state index contributed by atoms with van der Waals surface area (Å²) < 4.78 is 11.3. The van der Waals surface area contributed by atoms with E-state index in [2.05, 4.69) is 9.97 Å². The number of hydrogen-bond donors (Lipinski definition) is 2. The molecule has 0 aliphatic carbocycles. The first-order valence-corrected chi connectivity index (χ1v) is 6.34. The Kier molecular flexibility index (Phi) is 3.13. The molecular formula is C14H16N2O3. The Balaban J connectivity index is 1.98. The van der Waals surface area contributed by atoms with Crippen molar-refractivity contribution in [1.82, 2.24) is 9.97 Å². The van der Waals surface area contributed by atoms with Gasteiger partial charge in [-0.05, 0) is 25.1 Å². The first-order valence-electron chi connectivity index (χ1n) is 6.34. The minimum atomic E-state index is -0.0626. The first-order chi connectivity index (χ1) is 9.28. The van der Waals surface area contributed by atoms with Crippen LogP contribution in [0.25, 0.3) is 11.4 Å². The second-order valence-electron chi connectivity index (χ2n) is 4.53. The molecule has 19 heavy (non-hydrogen) atoms. The molecule has 100 valence electrons. The smallest absolute Gasteiger partial charge is 0.161 e. The van der Waals surface area contributed by atoms with Crippen molar-refractivity contribution in [3.8, 4) is 22.9 Å². The van der Waals surface area contributed by atoms with Crippen molar-refractivity contribution in [2.24, 2.45) is 0 Å². The fourth-order valence-electron chi connectivity index (χ4n) is 2.10. The number of aliphatic hydroxyl groups excluding tert-OH is 1. The number of imidazole rings is 1. The average molecular weight is 260 g/mol. The van der Waals surface area contributed by atoms with Gasteiger partial charge in [-0.25, -0.2) is 4.98 Å². The zero-order valence-electron chi connectivity index (χ0n) is 10.8. The Morgan fingerprint density at radius 1 is 1.26 bits per heavy atom. The van der Waals surface area contributed by atoms with Crippen LogP contribution < -0.4 is 9.47 Å². The molecule has 2 aromatic rings. The highest BCUT2D eigenvalue weighted by Gasteiger charge is 2.13. The van der Waals surface area contributed by atoms with Gasteiger partial charge in [0.1, 0.15) is 5.82 Å². The fourth-order valence-corrected chi connectivity index (χ4v) is 2.10. The lowest BCUT2D eigenvalue weighted by molar-refractivity contribution is 0.276. The van der Waals surface area contributed by atoms with E-state index < -0.39 is 0 Å². The number of aliphatic hydroxyl groups is 1. The molecule has 1 aromatic carbocycles. The summed E-state index contributed by atoms with van der Waals surface area (Å²) in [7, 11) is 0. The summed E-state index contributed by atoms with van der Waals surface area (Å²) in [6.45, 7) is 3.17. The van der Waals surface area contributed by atoms with Crippen LogP contribution in [0, 0.1) is 6.92 Å². The highest BCUT2D eigenvalue weighted by Crippen LogP contribution is 2.33. The molecule has 0 saturated heterocycles. The third-order valence-corrected chi connectivity index (χ3v) is 3.16. The maximum atomic E-state index is 9.18. The summed E-state index contributed by atoms with van der Waals surface area (Å²) in [6, 6.07) is 5.75. The zero-order chi connectivity index (χ0) is 13.2. The number of ether oxygens (including phenoxy) is 2. The predicted molar refractivity (Wildman–Crippen MR) is 70.3 cm³/mol. The summed E-state index contributed by atoms with van der Waals surface area (Å²) in [4.78, 5) is 7.54. The zero-order valence-corrected chi connectivity index (χ0v) is 10.8. The van der Waals surface area contributed by atoms with Crippen LogP contribution in [0.2, 0.25) is 0 Å². The highest BCUT2D eigenvalue weighted by atomic mass is 16.5. The van der Waals surface area contributed by atoms with E-state index in [-0.39, 0.29) is 6.61 Å².